The fraction of sp³-hybridized carbons (Fsp3) is 0.545. The minimum Gasteiger partial charge on any atom is -0.371 e. The van der Waals surface area contributed by atoms with Crippen LogP contribution in [0.2, 0.25) is 0 Å². The van der Waals surface area contributed by atoms with Gasteiger partial charge >= 0.3 is 6.18 Å². The van der Waals surface area contributed by atoms with Gasteiger partial charge in [-0.05, 0) is 42.9 Å². The van der Waals surface area contributed by atoms with Crippen molar-refractivity contribution in [2.24, 2.45) is 5.41 Å². The number of likely N-dealkylation sites (N-methyl/N-ethyl adjacent to an activating group) is 1. The molecular weight excluding hydrogens is 439 g/mol. The van der Waals surface area contributed by atoms with Gasteiger partial charge in [0.1, 0.15) is 6.04 Å². The highest BCUT2D eigenvalue weighted by molar-refractivity contribution is 5.90. The fourth-order valence-electron chi connectivity index (χ4n) is 4.68. The Morgan fingerprint density at radius 1 is 1.24 bits per heavy atom. The summed E-state index contributed by atoms with van der Waals surface area (Å²) in [6.45, 7) is 2.36. The third-order valence-electron chi connectivity index (χ3n) is 6.48. The first kappa shape index (κ1) is 24.4. The van der Waals surface area contributed by atoms with E-state index in [2.05, 4.69) is 10.6 Å². The molecule has 2 aliphatic rings. The zero-order valence-electron chi connectivity index (χ0n) is 18.5. The largest absolute Gasteiger partial charge is 0.417 e. The summed E-state index contributed by atoms with van der Waals surface area (Å²) in [5.41, 5.74) is -1.33. The van der Waals surface area contributed by atoms with Gasteiger partial charge in [-0.2, -0.15) is 18.4 Å². The molecule has 11 heteroatoms. The lowest BCUT2D eigenvalue weighted by molar-refractivity contribution is -0.138. The molecule has 0 saturated carbocycles. The Bertz CT molecular complexity index is 980. The number of hydrogen-bond donors (Lipinski definition) is 2. The Hall–Kier alpha value is -3.29. The zero-order chi connectivity index (χ0) is 24.4. The molecule has 8 nitrogen and oxygen atoms in total. The molecule has 2 aliphatic heterocycles. The maximum Gasteiger partial charge on any atom is 0.417 e. The van der Waals surface area contributed by atoms with E-state index in [-0.39, 0.29) is 29.7 Å². The van der Waals surface area contributed by atoms with Gasteiger partial charge in [-0.3, -0.25) is 14.4 Å². The van der Waals surface area contributed by atoms with Crippen LogP contribution in [-0.4, -0.2) is 61.9 Å². The van der Waals surface area contributed by atoms with E-state index < -0.39 is 23.3 Å². The summed E-state index contributed by atoms with van der Waals surface area (Å²) in [5, 5.41) is 14.0. The number of amides is 3. The van der Waals surface area contributed by atoms with E-state index >= 15 is 0 Å². The summed E-state index contributed by atoms with van der Waals surface area (Å²) in [5.74, 6) is -0.977. The molecule has 1 atom stereocenters. The molecule has 0 radical (unpaired) electrons. The van der Waals surface area contributed by atoms with Gasteiger partial charge in [-0.25, -0.2) is 0 Å². The summed E-state index contributed by atoms with van der Waals surface area (Å²) >= 11 is 0. The summed E-state index contributed by atoms with van der Waals surface area (Å²) in [6, 6.07) is 4.62. The molecule has 3 amide bonds. The first-order valence-electron chi connectivity index (χ1n) is 10.6. The van der Waals surface area contributed by atoms with Crippen molar-refractivity contribution in [3.8, 4) is 6.07 Å². The van der Waals surface area contributed by atoms with Gasteiger partial charge in [-0.15, -0.1) is 0 Å². The van der Waals surface area contributed by atoms with Crippen molar-refractivity contribution < 1.29 is 27.6 Å². The lowest BCUT2D eigenvalue weighted by Gasteiger charge is -2.40. The van der Waals surface area contributed by atoms with Crippen LogP contribution in [0.4, 0.5) is 18.9 Å². The summed E-state index contributed by atoms with van der Waals surface area (Å²) in [4.78, 5) is 39.6. The summed E-state index contributed by atoms with van der Waals surface area (Å²) in [6.07, 6.45) is -3.00. The third-order valence-corrected chi connectivity index (χ3v) is 6.48. The molecule has 2 N–H and O–H groups in total. The quantitative estimate of drug-likeness (QED) is 0.704. The number of nitrogens with one attached hydrogen (secondary N) is 2. The van der Waals surface area contributed by atoms with Crippen LogP contribution in [0.5, 0.6) is 0 Å². The standard InChI is InChI=1S/C22H26F3N5O3/c1-14(31)28-12-19(32)30-13-21(10-18(30)20(33)27-2)5-7-29(8-6-21)16-4-3-15(11-26)17(9-16)22(23,24)25/h3-4,9,18H,5-8,10,12-13H2,1-2H3,(H,27,33)(H,28,31). The maximum absolute atomic E-state index is 13.3. The maximum atomic E-state index is 13.3. The first-order valence-corrected chi connectivity index (χ1v) is 10.6. The van der Waals surface area contributed by atoms with Crippen LogP contribution >= 0.6 is 0 Å². The number of benzene rings is 1. The summed E-state index contributed by atoms with van der Waals surface area (Å²) < 4.78 is 40.0. The van der Waals surface area contributed by atoms with Crippen molar-refractivity contribution in [2.45, 2.75) is 38.4 Å². The number of rotatable bonds is 4. The highest BCUT2D eigenvalue weighted by atomic mass is 19.4. The molecule has 2 saturated heterocycles. The Kier molecular flexibility index (Phi) is 6.86. The first-order chi connectivity index (χ1) is 15.5. The molecule has 1 aromatic rings. The molecule has 3 rings (SSSR count). The van der Waals surface area contributed by atoms with Crippen molar-refractivity contribution in [2.75, 3.05) is 38.1 Å². The molecule has 1 aromatic carbocycles. The summed E-state index contributed by atoms with van der Waals surface area (Å²) in [7, 11) is 1.50. The van der Waals surface area contributed by atoms with Gasteiger partial charge in [0.25, 0.3) is 0 Å². The van der Waals surface area contributed by atoms with Crippen molar-refractivity contribution in [1.29, 1.82) is 5.26 Å². The number of nitriles is 1. The zero-order valence-corrected chi connectivity index (χ0v) is 18.5. The molecular formula is C22H26F3N5O3. The molecule has 33 heavy (non-hydrogen) atoms. The van der Waals surface area contributed by atoms with Crippen molar-refractivity contribution in [3.05, 3.63) is 29.3 Å². The van der Waals surface area contributed by atoms with Crippen LogP contribution in [0.15, 0.2) is 18.2 Å². The van der Waals surface area contributed by atoms with E-state index in [1.165, 1.54) is 31.0 Å². The highest BCUT2D eigenvalue weighted by Gasteiger charge is 2.49. The molecule has 0 bridgehead atoms. The normalized spacial score (nSPS) is 19.8. The van der Waals surface area contributed by atoms with E-state index in [4.69, 9.17) is 5.26 Å². The molecule has 0 aromatic heterocycles. The highest BCUT2D eigenvalue weighted by Crippen LogP contribution is 2.44. The van der Waals surface area contributed by atoms with Crippen LogP contribution in [0.3, 0.4) is 0 Å². The van der Waals surface area contributed by atoms with E-state index in [0.717, 1.165) is 6.07 Å². The number of nitrogens with zero attached hydrogens (tertiary/aromatic N) is 3. The van der Waals surface area contributed by atoms with Crippen molar-refractivity contribution in [1.82, 2.24) is 15.5 Å². The van der Waals surface area contributed by atoms with Gasteiger partial charge < -0.3 is 20.4 Å². The van der Waals surface area contributed by atoms with Gasteiger partial charge in [-0.1, -0.05) is 0 Å². The predicted molar refractivity (Wildman–Crippen MR) is 113 cm³/mol. The van der Waals surface area contributed by atoms with E-state index in [0.29, 0.717) is 44.6 Å². The lowest BCUT2D eigenvalue weighted by atomic mass is 9.76. The Morgan fingerprint density at radius 3 is 2.45 bits per heavy atom. The molecule has 0 aliphatic carbocycles. The average Bonchev–Trinajstić information content (AvgIpc) is 3.15. The average molecular weight is 465 g/mol. The molecule has 2 heterocycles. The van der Waals surface area contributed by atoms with Crippen LogP contribution in [0.1, 0.15) is 37.3 Å². The predicted octanol–water partition coefficient (Wildman–Crippen LogP) is 1.65. The topological polar surface area (TPSA) is 106 Å². The second-order valence-electron chi connectivity index (χ2n) is 8.59. The lowest BCUT2D eigenvalue weighted by Crippen LogP contribution is -2.48. The number of carbonyl (C=O) groups excluding carboxylic acids is 3. The number of hydrogen-bond acceptors (Lipinski definition) is 5. The Labute approximate surface area is 189 Å². The SMILES string of the molecule is CNC(=O)C1CC2(CCN(c3ccc(C#N)c(C(F)(F)F)c3)CC2)CN1C(=O)CNC(C)=O. The van der Waals surface area contributed by atoms with Gasteiger partial charge in [0.2, 0.25) is 17.7 Å². The molecule has 2 fully saturated rings. The third kappa shape index (κ3) is 5.21. The number of alkyl halides is 3. The number of anilines is 1. The van der Waals surface area contributed by atoms with Gasteiger partial charge in [0, 0.05) is 39.3 Å². The van der Waals surface area contributed by atoms with Crippen molar-refractivity contribution in [3.63, 3.8) is 0 Å². The van der Waals surface area contributed by atoms with Crippen LogP contribution < -0.4 is 15.5 Å². The van der Waals surface area contributed by atoms with E-state index in [9.17, 15) is 27.6 Å². The number of carbonyl (C=O) groups is 3. The molecule has 178 valence electrons. The number of halogens is 3. The van der Waals surface area contributed by atoms with Crippen LogP contribution in [0, 0.1) is 16.7 Å². The van der Waals surface area contributed by atoms with Crippen LogP contribution in [-0.2, 0) is 20.6 Å². The van der Waals surface area contributed by atoms with Gasteiger partial charge in [0.15, 0.2) is 0 Å². The smallest absolute Gasteiger partial charge is 0.371 e. The Morgan fingerprint density at radius 2 is 1.91 bits per heavy atom. The van der Waals surface area contributed by atoms with E-state index in [1.54, 1.807) is 6.07 Å². The molecule has 1 unspecified atom stereocenters. The monoisotopic (exact) mass is 465 g/mol. The minimum atomic E-state index is -4.63. The van der Waals surface area contributed by atoms with Crippen molar-refractivity contribution >= 4 is 23.4 Å². The Balaban J connectivity index is 1.75. The molecule has 1 spiro atoms. The second-order valence-corrected chi connectivity index (χ2v) is 8.59. The minimum absolute atomic E-state index is 0.198. The second kappa shape index (κ2) is 9.29. The number of likely N-dealkylation sites (tertiary alicyclic amines) is 1. The fourth-order valence-corrected chi connectivity index (χ4v) is 4.68. The number of piperidine rings is 1. The van der Waals surface area contributed by atoms with E-state index in [1.807, 2.05) is 4.90 Å². The van der Waals surface area contributed by atoms with Crippen LogP contribution in [0.25, 0.3) is 0 Å². The van der Waals surface area contributed by atoms with Gasteiger partial charge in [0.05, 0.1) is 23.7 Å².